The van der Waals surface area contributed by atoms with Gasteiger partial charge in [-0.05, 0) is 31.5 Å². The molecule has 1 saturated heterocycles. The first-order chi connectivity index (χ1) is 15.8. The summed E-state index contributed by atoms with van der Waals surface area (Å²) in [5.41, 5.74) is 2.58. The van der Waals surface area contributed by atoms with Crippen molar-refractivity contribution in [2.75, 3.05) is 13.7 Å². The van der Waals surface area contributed by atoms with Gasteiger partial charge in [0, 0.05) is 17.5 Å². The van der Waals surface area contributed by atoms with E-state index in [-0.39, 0.29) is 5.75 Å². The molecular weight excluding hydrogens is 432 g/mol. The SMILES string of the molecule is COc1ccc([C@H]2C[C@@H]3O[C@H]4[C@H](Oc5c(C)c(O)c(C)c(c53)O2)O[C@H](CO)[C@@H](O)[C@@H]4O)cc1. The number of rotatable bonds is 3. The fraction of sp³-hybridized carbons (Fsp3) is 0.500. The molecule has 2 aromatic rings. The number of aliphatic hydroxyl groups is 3. The van der Waals surface area contributed by atoms with Crippen LogP contribution in [0.15, 0.2) is 24.3 Å². The Morgan fingerprint density at radius 1 is 0.939 bits per heavy atom. The molecule has 3 aliphatic rings. The first-order valence-electron chi connectivity index (χ1n) is 10.9. The highest BCUT2D eigenvalue weighted by molar-refractivity contribution is 5.63. The zero-order valence-electron chi connectivity index (χ0n) is 18.6. The fourth-order valence-electron chi connectivity index (χ4n) is 4.85. The third-order valence-corrected chi connectivity index (χ3v) is 6.76. The second kappa shape index (κ2) is 8.34. The van der Waals surface area contributed by atoms with Crippen LogP contribution in [-0.4, -0.2) is 64.8 Å². The van der Waals surface area contributed by atoms with Gasteiger partial charge in [-0.1, -0.05) is 12.1 Å². The number of phenols is 1. The lowest BCUT2D eigenvalue weighted by Crippen LogP contribution is -2.60. The maximum Gasteiger partial charge on any atom is 0.229 e. The zero-order valence-corrected chi connectivity index (χ0v) is 18.6. The maximum atomic E-state index is 10.8. The van der Waals surface area contributed by atoms with E-state index >= 15 is 0 Å². The van der Waals surface area contributed by atoms with Crippen LogP contribution in [0.5, 0.6) is 23.0 Å². The summed E-state index contributed by atoms with van der Waals surface area (Å²) in [5, 5.41) is 41.5. The average Bonchev–Trinajstić information content (AvgIpc) is 3.00. The Morgan fingerprint density at radius 3 is 2.24 bits per heavy atom. The van der Waals surface area contributed by atoms with E-state index in [0.717, 1.165) is 11.3 Å². The van der Waals surface area contributed by atoms with Gasteiger partial charge in [0.05, 0.1) is 25.4 Å². The summed E-state index contributed by atoms with van der Waals surface area (Å²) in [6, 6.07) is 7.50. The molecule has 0 bridgehead atoms. The minimum absolute atomic E-state index is 0.0337. The molecule has 2 aromatic carbocycles. The fourth-order valence-corrected chi connectivity index (χ4v) is 4.85. The number of hydrogen-bond acceptors (Lipinski definition) is 9. The van der Waals surface area contributed by atoms with Crippen LogP contribution in [0.25, 0.3) is 0 Å². The van der Waals surface area contributed by atoms with Gasteiger partial charge in [-0.3, -0.25) is 0 Å². The summed E-state index contributed by atoms with van der Waals surface area (Å²) < 4.78 is 29.8. The molecule has 0 aromatic heterocycles. The smallest absolute Gasteiger partial charge is 0.229 e. The highest BCUT2D eigenvalue weighted by Gasteiger charge is 2.51. The standard InChI is InChI=1S/C24H28O9/c1-10-18(26)11(2)22-17-15(31-23-20(28)19(27)16(9-25)32-24(23)33-22)8-14(30-21(10)17)12-4-6-13(29-3)7-5-12/h4-7,14-16,19-20,23-28H,8-9H2,1-3H3/t14-,15+,16-,19-,20+,23-,24+/m1/s1. The first-order valence-corrected chi connectivity index (χ1v) is 10.9. The molecule has 178 valence electrons. The van der Waals surface area contributed by atoms with Crippen LogP contribution in [0.3, 0.4) is 0 Å². The Bertz CT molecular complexity index is 1040. The van der Waals surface area contributed by atoms with Crippen LogP contribution in [0, 0.1) is 13.8 Å². The molecule has 7 atom stereocenters. The molecule has 5 rings (SSSR count). The zero-order chi connectivity index (χ0) is 23.4. The summed E-state index contributed by atoms with van der Waals surface area (Å²) in [6.07, 6.45) is -6.34. The van der Waals surface area contributed by atoms with Crippen LogP contribution >= 0.6 is 0 Å². The van der Waals surface area contributed by atoms with Gasteiger partial charge in [-0.25, -0.2) is 0 Å². The second-order valence-electron chi connectivity index (χ2n) is 8.70. The van der Waals surface area contributed by atoms with Gasteiger partial charge >= 0.3 is 0 Å². The van der Waals surface area contributed by atoms with Crippen LogP contribution in [-0.2, 0) is 9.47 Å². The van der Waals surface area contributed by atoms with Crippen LogP contribution in [0.4, 0.5) is 0 Å². The Labute approximate surface area is 191 Å². The number of hydrogen-bond donors (Lipinski definition) is 4. The molecule has 33 heavy (non-hydrogen) atoms. The largest absolute Gasteiger partial charge is 0.507 e. The normalized spacial score (nSPS) is 32.6. The van der Waals surface area contributed by atoms with Crippen molar-refractivity contribution < 1.29 is 44.1 Å². The van der Waals surface area contributed by atoms with Crippen molar-refractivity contribution in [1.29, 1.82) is 0 Å². The molecule has 0 unspecified atom stereocenters. The Hall–Kier alpha value is -2.56. The van der Waals surface area contributed by atoms with E-state index in [9.17, 15) is 20.4 Å². The van der Waals surface area contributed by atoms with Gasteiger partial charge in [-0.2, -0.15) is 0 Å². The van der Waals surface area contributed by atoms with Crippen LogP contribution in [0.1, 0.15) is 40.9 Å². The van der Waals surface area contributed by atoms with Crippen molar-refractivity contribution >= 4 is 0 Å². The average molecular weight is 460 g/mol. The lowest BCUT2D eigenvalue weighted by Gasteiger charge is -2.41. The Morgan fingerprint density at radius 2 is 1.61 bits per heavy atom. The van der Waals surface area contributed by atoms with Crippen molar-refractivity contribution in [3.05, 3.63) is 46.5 Å². The second-order valence-corrected chi connectivity index (χ2v) is 8.70. The Balaban J connectivity index is 1.59. The quantitative estimate of drug-likeness (QED) is 0.542. The molecule has 1 fully saturated rings. The number of methoxy groups -OCH3 is 1. The molecule has 0 aliphatic carbocycles. The summed E-state index contributed by atoms with van der Waals surface area (Å²) in [5.74, 6) is 1.57. The molecule has 3 heterocycles. The predicted molar refractivity (Wildman–Crippen MR) is 115 cm³/mol. The van der Waals surface area contributed by atoms with Crippen molar-refractivity contribution in [1.82, 2.24) is 0 Å². The lowest BCUT2D eigenvalue weighted by molar-refractivity contribution is -0.292. The van der Waals surface area contributed by atoms with Gasteiger partial charge in [-0.15, -0.1) is 0 Å². The summed E-state index contributed by atoms with van der Waals surface area (Å²) in [4.78, 5) is 0. The minimum Gasteiger partial charge on any atom is -0.507 e. The predicted octanol–water partition coefficient (Wildman–Crippen LogP) is 1.80. The molecular formula is C24H28O9. The molecule has 9 heteroatoms. The third-order valence-electron chi connectivity index (χ3n) is 6.76. The van der Waals surface area contributed by atoms with E-state index in [1.165, 1.54) is 0 Å². The van der Waals surface area contributed by atoms with Crippen LogP contribution in [0.2, 0.25) is 0 Å². The summed E-state index contributed by atoms with van der Waals surface area (Å²) >= 11 is 0. The number of aromatic hydroxyl groups is 1. The number of fused-ring (bicyclic) bond motifs is 1. The Kier molecular flexibility index (Phi) is 5.62. The minimum atomic E-state index is -1.34. The van der Waals surface area contributed by atoms with E-state index in [1.807, 2.05) is 24.3 Å². The summed E-state index contributed by atoms with van der Waals surface area (Å²) in [6.45, 7) is 3.00. The number of phenolic OH excluding ortho intramolecular Hbond substituents is 1. The van der Waals surface area contributed by atoms with E-state index in [0.29, 0.717) is 34.6 Å². The highest BCUT2D eigenvalue weighted by Crippen LogP contribution is 2.55. The van der Waals surface area contributed by atoms with E-state index < -0.39 is 49.5 Å². The van der Waals surface area contributed by atoms with Gasteiger partial charge in [0.25, 0.3) is 0 Å². The van der Waals surface area contributed by atoms with E-state index in [1.54, 1.807) is 21.0 Å². The van der Waals surface area contributed by atoms with Crippen molar-refractivity contribution in [3.63, 3.8) is 0 Å². The molecule has 0 radical (unpaired) electrons. The van der Waals surface area contributed by atoms with E-state index in [2.05, 4.69) is 0 Å². The molecule has 0 amide bonds. The monoisotopic (exact) mass is 460 g/mol. The molecule has 4 N–H and O–H groups in total. The summed E-state index contributed by atoms with van der Waals surface area (Å²) in [7, 11) is 1.60. The number of ether oxygens (including phenoxy) is 5. The van der Waals surface area contributed by atoms with Gasteiger partial charge < -0.3 is 44.1 Å². The highest BCUT2D eigenvalue weighted by atomic mass is 16.7. The number of benzene rings is 2. The number of aliphatic hydroxyl groups excluding tert-OH is 3. The molecule has 9 nitrogen and oxygen atoms in total. The topological polar surface area (TPSA) is 127 Å². The van der Waals surface area contributed by atoms with Crippen molar-refractivity contribution in [3.8, 4) is 23.0 Å². The van der Waals surface area contributed by atoms with E-state index in [4.69, 9.17) is 23.7 Å². The van der Waals surface area contributed by atoms with Crippen LogP contribution < -0.4 is 14.2 Å². The lowest BCUT2D eigenvalue weighted by atomic mass is 9.90. The van der Waals surface area contributed by atoms with Gasteiger partial charge in [0.15, 0.2) is 0 Å². The first kappa shape index (κ1) is 22.2. The van der Waals surface area contributed by atoms with Gasteiger partial charge in [0.2, 0.25) is 6.29 Å². The molecule has 0 spiro atoms. The van der Waals surface area contributed by atoms with Crippen molar-refractivity contribution in [2.45, 2.75) is 63.2 Å². The molecule has 0 saturated carbocycles. The third kappa shape index (κ3) is 3.51. The maximum absolute atomic E-state index is 10.8. The van der Waals surface area contributed by atoms with Crippen molar-refractivity contribution in [2.24, 2.45) is 0 Å². The van der Waals surface area contributed by atoms with Gasteiger partial charge in [0.1, 0.15) is 53.5 Å². The molecule has 3 aliphatic heterocycles.